The average molecular weight is 303 g/mol. The van der Waals surface area contributed by atoms with Gasteiger partial charge in [-0.05, 0) is 34.7 Å². The molecule has 2 rings (SSSR count). The summed E-state index contributed by atoms with van der Waals surface area (Å²) in [5.41, 5.74) is 3.07. The highest BCUT2D eigenvalue weighted by molar-refractivity contribution is 6.30. The zero-order valence-corrected chi connectivity index (χ0v) is 14.1. The van der Waals surface area contributed by atoms with Gasteiger partial charge in [-0.3, -0.25) is 0 Å². The summed E-state index contributed by atoms with van der Waals surface area (Å²) in [6, 6.07) is 13.7. The zero-order chi connectivity index (χ0) is 15.8. The van der Waals surface area contributed by atoms with Crippen LogP contribution in [-0.4, -0.2) is 5.11 Å². The van der Waals surface area contributed by atoms with E-state index >= 15 is 0 Å². The Kier molecular flexibility index (Phi) is 4.08. The summed E-state index contributed by atoms with van der Waals surface area (Å²) in [5.74, 6) is 0.336. The molecule has 112 valence electrons. The van der Waals surface area contributed by atoms with Gasteiger partial charge in [0, 0.05) is 16.0 Å². The Morgan fingerprint density at radius 3 is 1.86 bits per heavy atom. The van der Waals surface area contributed by atoms with Crippen molar-refractivity contribution in [2.75, 3.05) is 0 Å². The molecular formula is C19H23ClO. The maximum Gasteiger partial charge on any atom is 0.119 e. The van der Waals surface area contributed by atoms with Crippen LogP contribution in [0.25, 0.3) is 0 Å². The fraction of sp³-hybridized carbons (Fsp3) is 0.368. The monoisotopic (exact) mass is 302 g/mol. The van der Waals surface area contributed by atoms with Crippen molar-refractivity contribution in [2.45, 2.75) is 45.4 Å². The summed E-state index contributed by atoms with van der Waals surface area (Å²) < 4.78 is 0. The molecular weight excluding hydrogens is 280 g/mol. The molecule has 0 fully saturated rings. The Hall–Kier alpha value is -1.47. The van der Waals surface area contributed by atoms with E-state index in [1.54, 1.807) is 6.07 Å². The Labute approximate surface area is 132 Å². The van der Waals surface area contributed by atoms with Gasteiger partial charge in [-0.25, -0.2) is 0 Å². The first-order valence-corrected chi connectivity index (χ1v) is 7.60. The van der Waals surface area contributed by atoms with Crippen molar-refractivity contribution in [2.24, 2.45) is 0 Å². The van der Waals surface area contributed by atoms with E-state index < -0.39 is 0 Å². The molecule has 0 heterocycles. The van der Waals surface area contributed by atoms with Gasteiger partial charge in [-0.2, -0.15) is 0 Å². The number of hydrogen-bond donors (Lipinski definition) is 1. The standard InChI is InChI=1S/C19H23ClO/c1-18(2,3)14-8-11-17(21)16(12-14)19(4,5)13-6-9-15(20)10-7-13/h6-12,21H,1-5H3. The van der Waals surface area contributed by atoms with Crippen molar-refractivity contribution < 1.29 is 5.11 Å². The zero-order valence-electron chi connectivity index (χ0n) is 13.4. The van der Waals surface area contributed by atoms with Gasteiger partial charge in [0.1, 0.15) is 5.75 Å². The minimum atomic E-state index is -0.282. The summed E-state index contributed by atoms with van der Waals surface area (Å²) in [7, 11) is 0. The number of halogens is 1. The van der Waals surface area contributed by atoms with Crippen LogP contribution >= 0.6 is 11.6 Å². The minimum Gasteiger partial charge on any atom is -0.508 e. The van der Waals surface area contributed by atoms with Gasteiger partial charge < -0.3 is 5.11 Å². The highest BCUT2D eigenvalue weighted by atomic mass is 35.5. The van der Waals surface area contributed by atoms with E-state index in [1.807, 2.05) is 30.3 Å². The van der Waals surface area contributed by atoms with E-state index in [1.165, 1.54) is 5.56 Å². The molecule has 1 N–H and O–H groups in total. The van der Waals surface area contributed by atoms with E-state index in [2.05, 4.69) is 40.7 Å². The topological polar surface area (TPSA) is 20.2 Å². The highest BCUT2D eigenvalue weighted by Gasteiger charge is 2.28. The molecule has 0 amide bonds. The first-order valence-electron chi connectivity index (χ1n) is 7.22. The maximum absolute atomic E-state index is 10.3. The fourth-order valence-corrected chi connectivity index (χ4v) is 2.65. The third-order valence-electron chi connectivity index (χ3n) is 4.10. The molecule has 1 nitrogen and oxygen atoms in total. The minimum absolute atomic E-state index is 0.0541. The highest BCUT2D eigenvalue weighted by Crippen LogP contribution is 2.39. The van der Waals surface area contributed by atoms with Crippen LogP contribution in [0, 0.1) is 0 Å². The predicted octanol–water partition coefficient (Wildman–Crippen LogP) is 5.67. The molecule has 0 atom stereocenters. The fourth-order valence-electron chi connectivity index (χ4n) is 2.53. The van der Waals surface area contributed by atoms with E-state index in [4.69, 9.17) is 11.6 Å². The molecule has 0 aliphatic heterocycles. The maximum atomic E-state index is 10.3. The van der Waals surface area contributed by atoms with Crippen LogP contribution in [0.15, 0.2) is 42.5 Å². The Morgan fingerprint density at radius 1 is 0.810 bits per heavy atom. The van der Waals surface area contributed by atoms with Crippen LogP contribution in [0.1, 0.15) is 51.3 Å². The molecule has 2 aromatic rings. The third kappa shape index (κ3) is 3.24. The van der Waals surface area contributed by atoms with Crippen LogP contribution in [-0.2, 0) is 10.8 Å². The Morgan fingerprint density at radius 2 is 1.33 bits per heavy atom. The third-order valence-corrected chi connectivity index (χ3v) is 4.35. The molecule has 0 spiro atoms. The van der Waals surface area contributed by atoms with E-state index in [-0.39, 0.29) is 10.8 Å². The van der Waals surface area contributed by atoms with Crippen molar-refractivity contribution in [3.8, 4) is 5.75 Å². The summed E-state index contributed by atoms with van der Waals surface area (Å²) in [5, 5.41) is 11.1. The lowest BCUT2D eigenvalue weighted by Gasteiger charge is -2.29. The molecule has 0 saturated heterocycles. The Bertz CT molecular complexity index is 634. The molecule has 2 heteroatoms. The first-order chi connectivity index (χ1) is 9.62. The second-order valence-electron chi connectivity index (χ2n) is 7.11. The molecule has 0 bridgehead atoms. The van der Waals surface area contributed by atoms with E-state index in [0.29, 0.717) is 5.75 Å². The molecule has 0 saturated carbocycles. The van der Waals surface area contributed by atoms with Crippen molar-refractivity contribution in [1.29, 1.82) is 0 Å². The molecule has 0 aliphatic rings. The molecule has 0 aliphatic carbocycles. The van der Waals surface area contributed by atoms with E-state index in [9.17, 15) is 5.11 Å². The summed E-state index contributed by atoms with van der Waals surface area (Å²) >= 11 is 5.97. The number of benzene rings is 2. The number of aromatic hydroxyl groups is 1. The van der Waals surface area contributed by atoms with Crippen LogP contribution in [0.5, 0.6) is 5.75 Å². The van der Waals surface area contributed by atoms with Gasteiger partial charge >= 0.3 is 0 Å². The number of phenols is 1. The number of hydrogen-bond acceptors (Lipinski definition) is 1. The first kappa shape index (κ1) is 15.9. The van der Waals surface area contributed by atoms with Gasteiger partial charge in [-0.15, -0.1) is 0 Å². The second-order valence-corrected chi connectivity index (χ2v) is 7.55. The molecule has 21 heavy (non-hydrogen) atoms. The van der Waals surface area contributed by atoms with Gasteiger partial charge in [0.05, 0.1) is 0 Å². The van der Waals surface area contributed by atoms with Crippen molar-refractivity contribution in [3.05, 3.63) is 64.2 Å². The lowest BCUT2D eigenvalue weighted by atomic mass is 9.75. The lowest BCUT2D eigenvalue weighted by molar-refractivity contribution is 0.451. The Balaban J connectivity index is 2.56. The summed E-state index contributed by atoms with van der Waals surface area (Å²) in [6.07, 6.45) is 0. The van der Waals surface area contributed by atoms with Gasteiger partial charge in [0.2, 0.25) is 0 Å². The normalized spacial score (nSPS) is 12.5. The molecule has 2 aromatic carbocycles. The average Bonchev–Trinajstić information content (AvgIpc) is 2.38. The number of phenolic OH excluding ortho intramolecular Hbond substituents is 1. The van der Waals surface area contributed by atoms with Crippen LogP contribution < -0.4 is 0 Å². The van der Waals surface area contributed by atoms with Gasteiger partial charge in [0.25, 0.3) is 0 Å². The largest absolute Gasteiger partial charge is 0.508 e. The molecule has 0 radical (unpaired) electrons. The van der Waals surface area contributed by atoms with Crippen molar-refractivity contribution in [1.82, 2.24) is 0 Å². The second kappa shape index (κ2) is 5.38. The predicted molar refractivity (Wildman–Crippen MR) is 90.4 cm³/mol. The van der Waals surface area contributed by atoms with Crippen LogP contribution in [0.4, 0.5) is 0 Å². The van der Waals surface area contributed by atoms with Crippen molar-refractivity contribution >= 4 is 11.6 Å². The van der Waals surface area contributed by atoms with Crippen LogP contribution in [0.3, 0.4) is 0 Å². The molecule has 0 unspecified atom stereocenters. The summed E-state index contributed by atoms with van der Waals surface area (Å²) in [6.45, 7) is 10.8. The SMILES string of the molecule is CC(C)(C)c1ccc(O)c(C(C)(C)c2ccc(Cl)cc2)c1. The van der Waals surface area contributed by atoms with Crippen LogP contribution in [0.2, 0.25) is 5.02 Å². The summed E-state index contributed by atoms with van der Waals surface area (Å²) in [4.78, 5) is 0. The van der Waals surface area contributed by atoms with E-state index in [0.717, 1.165) is 16.1 Å². The smallest absolute Gasteiger partial charge is 0.119 e. The van der Waals surface area contributed by atoms with Crippen molar-refractivity contribution in [3.63, 3.8) is 0 Å². The lowest BCUT2D eigenvalue weighted by Crippen LogP contribution is -2.21. The molecule has 0 aromatic heterocycles. The van der Waals surface area contributed by atoms with Gasteiger partial charge in [0.15, 0.2) is 0 Å². The number of rotatable bonds is 2. The quantitative estimate of drug-likeness (QED) is 0.758. The van der Waals surface area contributed by atoms with Gasteiger partial charge in [-0.1, -0.05) is 70.5 Å².